The van der Waals surface area contributed by atoms with E-state index in [2.05, 4.69) is 24.4 Å². The normalized spacial score (nSPS) is 15.7. The van der Waals surface area contributed by atoms with Crippen LogP contribution in [0.15, 0.2) is 11.8 Å². The molecule has 4 nitrogen and oxygen atoms in total. The first-order valence-corrected chi connectivity index (χ1v) is 8.91. The average molecular weight is 255 g/mol. The lowest BCUT2D eigenvalue weighted by Crippen LogP contribution is -2.27. The molecular formula is C12H21NO3Si. The Balaban J connectivity index is 4.68. The van der Waals surface area contributed by atoms with Gasteiger partial charge in [-0.25, -0.2) is 0 Å². The molecule has 0 aromatic heterocycles. The summed E-state index contributed by atoms with van der Waals surface area (Å²) in [5.41, 5.74) is -1.14. The van der Waals surface area contributed by atoms with Crippen LogP contribution in [0.5, 0.6) is 0 Å². The van der Waals surface area contributed by atoms with E-state index in [1.165, 1.54) is 7.11 Å². The Bertz CT molecular complexity index is 352. The summed E-state index contributed by atoms with van der Waals surface area (Å²) in [7, 11) is -0.345. The summed E-state index contributed by atoms with van der Waals surface area (Å²) in [4.78, 5) is 11.5. The number of esters is 1. The highest BCUT2D eigenvalue weighted by Gasteiger charge is 2.33. The SMILES string of the molecule is COC(=O)C(C)(C#N)C/C=C(\C)O[Si](C)(C)C. The molecule has 1 atom stereocenters. The Hall–Kier alpha value is -1.28. The van der Waals surface area contributed by atoms with Crippen molar-refractivity contribution >= 4 is 14.3 Å². The lowest BCUT2D eigenvalue weighted by molar-refractivity contribution is -0.148. The number of hydrogen-bond donors (Lipinski definition) is 0. The van der Waals surface area contributed by atoms with E-state index in [1.54, 1.807) is 13.0 Å². The molecule has 0 heterocycles. The summed E-state index contributed by atoms with van der Waals surface area (Å²) in [6, 6.07) is 1.98. The van der Waals surface area contributed by atoms with Crippen molar-refractivity contribution in [2.75, 3.05) is 7.11 Å². The molecule has 96 valence electrons. The fourth-order valence-corrected chi connectivity index (χ4v) is 2.32. The molecule has 0 saturated carbocycles. The second kappa shape index (κ2) is 5.87. The van der Waals surface area contributed by atoms with Gasteiger partial charge in [0, 0.05) is 0 Å². The molecule has 0 spiro atoms. The molecule has 5 heteroatoms. The molecule has 0 bridgehead atoms. The van der Waals surface area contributed by atoms with E-state index in [1.807, 2.05) is 13.0 Å². The number of carbonyl (C=O) groups excluding carboxylic acids is 1. The van der Waals surface area contributed by atoms with Gasteiger partial charge in [-0.1, -0.05) is 0 Å². The Morgan fingerprint density at radius 1 is 1.47 bits per heavy atom. The average Bonchev–Trinajstić information content (AvgIpc) is 2.22. The number of hydrogen-bond acceptors (Lipinski definition) is 4. The van der Waals surface area contributed by atoms with Crippen molar-refractivity contribution in [3.8, 4) is 6.07 Å². The van der Waals surface area contributed by atoms with Gasteiger partial charge in [-0.05, 0) is 46.0 Å². The van der Waals surface area contributed by atoms with E-state index in [0.717, 1.165) is 5.76 Å². The number of ether oxygens (including phenoxy) is 1. The molecule has 0 amide bonds. The number of rotatable bonds is 5. The molecule has 0 N–H and O–H groups in total. The fourth-order valence-electron chi connectivity index (χ4n) is 1.27. The van der Waals surface area contributed by atoms with Crippen molar-refractivity contribution in [1.29, 1.82) is 5.26 Å². The van der Waals surface area contributed by atoms with Crippen LogP contribution in [0.2, 0.25) is 19.6 Å². The third-order valence-electron chi connectivity index (χ3n) is 2.15. The van der Waals surface area contributed by atoms with Crippen LogP contribution in [0.25, 0.3) is 0 Å². The summed E-state index contributed by atoms with van der Waals surface area (Å²) in [6.07, 6.45) is 2.07. The lowest BCUT2D eigenvalue weighted by Gasteiger charge is -2.21. The molecule has 0 aliphatic heterocycles. The Labute approximate surface area is 104 Å². The maximum absolute atomic E-state index is 11.5. The molecule has 1 unspecified atom stereocenters. The molecule has 0 aromatic rings. The van der Waals surface area contributed by atoms with Gasteiger partial charge in [0.05, 0.1) is 18.9 Å². The zero-order valence-corrected chi connectivity index (χ0v) is 12.5. The van der Waals surface area contributed by atoms with Crippen LogP contribution in [-0.4, -0.2) is 21.4 Å². The maximum atomic E-state index is 11.5. The van der Waals surface area contributed by atoms with Crippen LogP contribution in [0.1, 0.15) is 20.3 Å². The van der Waals surface area contributed by atoms with Gasteiger partial charge >= 0.3 is 5.97 Å². The van der Waals surface area contributed by atoms with Crippen LogP contribution in [-0.2, 0) is 14.0 Å². The van der Waals surface area contributed by atoms with Crippen molar-refractivity contribution in [1.82, 2.24) is 0 Å². The van der Waals surface area contributed by atoms with Gasteiger partial charge in [-0.2, -0.15) is 5.26 Å². The minimum Gasteiger partial charge on any atom is -0.548 e. The molecule has 0 aromatic carbocycles. The number of nitriles is 1. The predicted molar refractivity (Wildman–Crippen MR) is 68.5 cm³/mol. The van der Waals surface area contributed by atoms with Crippen LogP contribution >= 0.6 is 0 Å². The number of allylic oxidation sites excluding steroid dienone is 2. The second-order valence-electron chi connectivity index (χ2n) is 5.17. The van der Waals surface area contributed by atoms with Crippen LogP contribution in [0.3, 0.4) is 0 Å². The summed E-state index contributed by atoms with van der Waals surface area (Å²) in [5.74, 6) is 0.242. The lowest BCUT2D eigenvalue weighted by atomic mass is 9.88. The van der Waals surface area contributed by atoms with Crippen molar-refractivity contribution < 1.29 is 14.0 Å². The smallest absolute Gasteiger partial charge is 0.326 e. The van der Waals surface area contributed by atoms with Crippen molar-refractivity contribution in [2.45, 2.75) is 39.9 Å². The number of methoxy groups -OCH3 is 1. The highest BCUT2D eigenvalue weighted by atomic mass is 28.4. The van der Waals surface area contributed by atoms with Crippen molar-refractivity contribution in [3.05, 3.63) is 11.8 Å². The first-order chi connectivity index (χ1) is 7.64. The highest BCUT2D eigenvalue weighted by Crippen LogP contribution is 2.24. The molecule has 0 radical (unpaired) electrons. The zero-order chi connectivity index (χ0) is 13.7. The zero-order valence-electron chi connectivity index (χ0n) is 11.5. The Morgan fingerprint density at radius 3 is 2.35 bits per heavy atom. The molecule has 0 saturated heterocycles. The largest absolute Gasteiger partial charge is 0.548 e. The molecular weight excluding hydrogens is 234 g/mol. The van der Waals surface area contributed by atoms with Gasteiger partial charge in [0.15, 0.2) is 5.41 Å². The van der Waals surface area contributed by atoms with Gasteiger partial charge in [-0.3, -0.25) is 4.79 Å². The summed E-state index contributed by atoms with van der Waals surface area (Å²) >= 11 is 0. The molecule has 17 heavy (non-hydrogen) atoms. The Morgan fingerprint density at radius 2 is 2.00 bits per heavy atom. The minimum atomic E-state index is -1.63. The number of carbonyl (C=O) groups is 1. The summed E-state index contributed by atoms with van der Waals surface area (Å²) in [6.45, 7) is 9.64. The van der Waals surface area contributed by atoms with E-state index in [4.69, 9.17) is 9.69 Å². The minimum absolute atomic E-state index is 0.298. The van der Waals surface area contributed by atoms with E-state index < -0.39 is 19.7 Å². The maximum Gasteiger partial charge on any atom is 0.326 e. The molecule has 0 fully saturated rings. The van der Waals surface area contributed by atoms with Crippen LogP contribution in [0.4, 0.5) is 0 Å². The first kappa shape index (κ1) is 15.7. The first-order valence-electron chi connectivity index (χ1n) is 5.50. The van der Waals surface area contributed by atoms with E-state index in [-0.39, 0.29) is 0 Å². The van der Waals surface area contributed by atoms with Gasteiger partial charge in [0.25, 0.3) is 0 Å². The third-order valence-corrected chi connectivity index (χ3v) is 3.08. The highest BCUT2D eigenvalue weighted by molar-refractivity contribution is 6.70. The van der Waals surface area contributed by atoms with E-state index >= 15 is 0 Å². The summed E-state index contributed by atoms with van der Waals surface area (Å²) < 4.78 is 10.3. The third kappa shape index (κ3) is 5.55. The van der Waals surface area contributed by atoms with Gasteiger partial charge in [-0.15, -0.1) is 0 Å². The van der Waals surface area contributed by atoms with E-state index in [0.29, 0.717) is 6.42 Å². The quantitative estimate of drug-likeness (QED) is 0.430. The monoisotopic (exact) mass is 255 g/mol. The fraction of sp³-hybridized carbons (Fsp3) is 0.667. The van der Waals surface area contributed by atoms with E-state index in [9.17, 15) is 4.79 Å². The Kier molecular flexibility index (Phi) is 5.43. The topological polar surface area (TPSA) is 59.3 Å². The van der Waals surface area contributed by atoms with Gasteiger partial charge in [0.2, 0.25) is 8.32 Å². The standard InChI is InChI=1S/C12H21NO3Si/c1-10(16-17(4,5)6)7-8-12(2,9-13)11(14)15-3/h7H,8H2,1-6H3/b10-7+. The van der Waals surface area contributed by atoms with Gasteiger partial charge in [0.1, 0.15) is 0 Å². The molecule has 0 aliphatic rings. The van der Waals surface area contributed by atoms with Gasteiger partial charge < -0.3 is 9.16 Å². The summed E-state index contributed by atoms with van der Waals surface area (Å²) in [5, 5.41) is 9.02. The molecule has 0 aliphatic carbocycles. The van der Waals surface area contributed by atoms with Crippen molar-refractivity contribution in [2.24, 2.45) is 5.41 Å². The second-order valence-corrected chi connectivity index (χ2v) is 9.60. The van der Waals surface area contributed by atoms with Crippen LogP contribution in [0, 0.1) is 16.7 Å². The number of nitrogens with zero attached hydrogens (tertiary/aromatic N) is 1. The van der Waals surface area contributed by atoms with Crippen LogP contribution < -0.4 is 0 Å². The molecule has 0 rings (SSSR count). The predicted octanol–water partition coefficient (Wildman–Crippen LogP) is 2.83. The van der Waals surface area contributed by atoms with Crippen molar-refractivity contribution in [3.63, 3.8) is 0 Å².